The summed E-state index contributed by atoms with van der Waals surface area (Å²) in [5.41, 5.74) is 1.69. The molecule has 0 fully saturated rings. The van der Waals surface area contributed by atoms with Crippen molar-refractivity contribution in [3.05, 3.63) is 29.1 Å². The van der Waals surface area contributed by atoms with Crippen molar-refractivity contribution in [2.45, 2.75) is 25.9 Å². The first-order valence-electron chi connectivity index (χ1n) is 4.88. The van der Waals surface area contributed by atoms with Gasteiger partial charge in [-0.2, -0.15) is 0 Å². The van der Waals surface area contributed by atoms with Gasteiger partial charge in [-0.1, -0.05) is 0 Å². The van der Waals surface area contributed by atoms with Crippen molar-refractivity contribution in [1.82, 2.24) is 0 Å². The Kier molecular flexibility index (Phi) is 2.44. The van der Waals surface area contributed by atoms with Crippen LogP contribution in [0.4, 0.5) is 10.1 Å². The van der Waals surface area contributed by atoms with E-state index in [4.69, 9.17) is 0 Å². The quantitative estimate of drug-likeness (QED) is 0.740. The van der Waals surface area contributed by atoms with Gasteiger partial charge in [-0.25, -0.2) is 4.39 Å². The lowest BCUT2D eigenvalue weighted by atomic mass is 9.98. The molecular formula is C11H12FNO2. The lowest BCUT2D eigenvalue weighted by molar-refractivity contribution is -0.116. The number of fused-ring (bicyclic) bond motifs is 1. The molecule has 80 valence electrons. The molecule has 3 nitrogen and oxygen atoms in total. The van der Waals surface area contributed by atoms with Gasteiger partial charge in [0.05, 0.1) is 6.10 Å². The predicted molar refractivity (Wildman–Crippen MR) is 54.0 cm³/mol. The van der Waals surface area contributed by atoms with Crippen LogP contribution in [0.1, 0.15) is 30.6 Å². The maximum Gasteiger partial charge on any atom is 0.224 e. The van der Waals surface area contributed by atoms with E-state index in [2.05, 4.69) is 5.32 Å². The first kappa shape index (κ1) is 10.1. The minimum atomic E-state index is -0.826. The maximum absolute atomic E-state index is 13.4. The molecule has 15 heavy (non-hydrogen) atoms. The van der Waals surface area contributed by atoms with Gasteiger partial charge in [0.25, 0.3) is 0 Å². The van der Waals surface area contributed by atoms with Gasteiger partial charge in [0, 0.05) is 17.7 Å². The molecule has 0 aromatic heterocycles. The summed E-state index contributed by atoms with van der Waals surface area (Å²) in [5.74, 6) is -0.572. The van der Waals surface area contributed by atoms with E-state index in [-0.39, 0.29) is 11.5 Å². The van der Waals surface area contributed by atoms with Crippen LogP contribution in [0.25, 0.3) is 0 Å². The van der Waals surface area contributed by atoms with Gasteiger partial charge >= 0.3 is 0 Å². The number of hydrogen-bond acceptors (Lipinski definition) is 2. The number of aliphatic hydroxyl groups is 1. The molecule has 1 aromatic rings. The molecule has 2 N–H and O–H groups in total. The van der Waals surface area contributed by atoms with Crippen LogP contribution in [0.2, 0.25) is 0 Å². The standard InChI is InChI=1S/C11H12FNO2/c1-6(14)8-4-7-2-3-11(15)13-10(7)5-9(8)12/h4-6,14H,2-3H2,1H3,(H,13,15). The summed E-state index contributed by atoms with van der Waals surface area (Å²) >= 11 is 0. The molecule has 1 heterocycles. The molecule has 4 heteroatoms. The minimum absolute atomic E-state index is 0.0910. The summed E-state index contributed by atoms with van der Waals surface area (Å²) in [4.78, 5) is 11.1. The number of aryl methyl sites for hydroxylation is 1. The maximum atomic E-state index is 13.4. The number of rotatable bonds is 1. The van der Waals surface area contributed by atoms with Gasteiger partial charge in [-0.15, -0.1) is 0 Å². The minimum Gasteiger partial charge on any atom is -0.389 e. The average molecular weight is 209 g/mol. The second-order valence-electron chi connectivity index (χ2n) is 3.76. The third kappa shape index (κ3) is 1.85. The van der Waals surface area contributed by atoms with E-state index in [1.54, 1.807) is 6.07 Å². The molecule has 0 spiro atoms. The van der Waals surface area contributed by atoms with Crippen molar-refractivity contribution in [3.8, 4) is 0 Å². The van der Waals surface area contributed by atoms with Gasteiger partial charge in [0.1, 0.15) is 5.82 Å². The Bertz CT molecular complexity index is 415. The Morgan fingerprint density at radius 1 is 1.47 bits per heavy atom. The molecule has 1 aliphatic heterocycles. The fraction of sp³-hybridized carbons (Fsp3) is 0.364. The number of carbonyl (C=O) groups excluding carboxylic acids is 1. The number of aliphatic hydroxyl groups excluding tert-OH is 1. The number of benzene rings is 1. The van der Waals surface area contributed by atoms with E-state index < -0.39 is 11.9 Å². The van der Waals surface area contributed by atoms with E-state index in [0.29, 0.717) is 18.5 Å². The number of anilines is 1. The van der Waals surface area contributed by atoms with E-state index in [1.807, 2.05) is 0 Å². The van der Waals surface area contributed by atoms with Crippen LogP contribution in [0.15, 0.2) is 12.1 Å². The van der Waals surface area contributed by atoms with Crippen LogP contribution in [-0.4, -0.2) is 11.0 Å². The van der Waals surface area contributed by atoms with Crippen LogP contribution in [0, 0.1) is 5.82 Å². The molecule has 1 aromatic carbocycles. The average Bonchev–Trinajstić information content (AvgIpc) is 2.15. The molecule has 0 saturated carbocycles. The van der Waals surface area contributed by atoms with Gasteiger partial charge < -0.3 is 10.4 Å². The normalized spacial score (nSPS) is 16.9. The van der Waals surface area contributed by atoms with Crippen molar-refractivity contribution >= 4 is 11.6 Å². The topological polar surface area (TPSA) is 49.3 Å². The molecular weight excluding hydrogens is 197 g/mol. The Hall–Kier alpha value is -1.42. The third-order valence-corrected chi connectivity index (χ3v) is 2.57. The van der Waals surface area contributed by atoms with Crippen molar-refractivity contribution in [2.75, 3.05) is 5.32 Å². The zero-order valence-corrected chi connectivity index (χ0v) is 8.38. The van der Waals surface area contributed by atoms with Crippen LogP contribution >= 0.6 is 0 Å². The molecule has 1 aliphatic rings. The zero-order valence-electron chi connectivity index (χ0n) is 8.38. The van der Waals surface area contributed by atoms with E-state index in [1.165, 1.54) is 13.0 Å². The molecule has 1 unspecified atom stereocenters. The number of amides is 1. The van der Waals surface area contributed by atoms with Gasteiger partial charge in [-0.05, 0) is 31.0 Å². The summed E-state index contributed by atoms with van der Waals surface area (Å²) in [6.45, 7) is 1.52. The highest BCUT2D eigenvalue weighted by Crippen LogP contribution is 2.28. The predicted octanol–water partition coefficient (Wildman–Crippen LogP) is 1.76. The number of hydrogen-bond donors (Lipinski definition) is 2. The fourth-order valence-corrected chi connectivity index (χ4v) is 1.74. The largest absolute Gasteiger partial charge is 0.389 e. The lowest BCUT2D eigenvalue weighted by Crippen LogP contribution is -2.19. The van der Waals surface area contributed by atoms with Crippen LogP contribution in [0.3, 0.4) is 0 Å². The van der Waals surface area contributed by atoms with Gasteiger partial charge in [-0.3, -0.25) is 4.79 Å². The Morgan fingerprint density at radius 2 is 2.20 bits per heavy atom. The van der Waals surface area contributed by atoms with Crippen LogP contribution in [-0.2, 0) is 11.2 Å². The number of nitrogens with one attached hydrogen (secondary N) is 1. The number of halogens is 1. The van der Waals surface area contributed by atoms with E-state index in [0.717, 1.165) is 5.56 Å². The zero-order chi connectivity index (χ0) is 11.0. The molecule has 1 amide bonds. The highest BCUT2D eigenvalue weighted by atomic mass is 19.1. The highest BCUT2D eigenvalue weighted by molar-refractivity contribution is 5.93. The molecule has 0 aliphatic carbocycles. The van der Waals surface area contributed by atoms with Gasteiger partial charge in [0.2, 0.25) is 5.91 Å². The van der Waals surface area contributed by atoms with Crippen molar-refractivity contribution in [3.63, 3.8) is 0 Å². The summed E-state index contributed by atoms with van der Waals surface area (Å²) in [5, 5.41) is 11.9. The van der Waals surface area contributed by atoms with E-state index >= 15 is 0 Å². The summed E-state index contributed by atoms with van der Waals surface area (Å²) in [6, 6.07) is 2.89. The first-order valence-corrected chi connectivity index (χ1v) is 4.88. The summed E-state index contributed by atoms with van der Waals surface area (Å²) in [6.07, 6.45) is 0.187. The Balaban J connectivity index is 2.46. The fourth-order valence-electron chi connectivity index (χ4n) is 1.74. The van der Waals surface area contributed by atoms with Crippen LogP contribution in [0.5, 0.6) is 0 Å². The molecule has 1 atom stereocenters. The molecule has 0 bridgehead atoms. The molecule has 0 saturated heterocycles. The lowest BCUT2D eigenvalue weighted by Gasteiger charge is -2.19. The second-order valence-corrected chi connectivity index (χ2v) is 3.76. The van der Waals surface area contributed by atoms with Crippen molar-refractivity contribution in [1.29, 1.82) is 0 Å². The van der Waals surface area contributed by atoms with Crippen molar-refractivity contribution in [2.24, 2.45) is 0 Å². The van der Waals surface area contributed by atoms with E-state index in [9.17, 15) is 14.3 Å². The Labute approximate surface area is 86.9 Å². The van der Waals surface area contributed by atoms with Crippen LogP contribution < -0.4 is 5.32 Å². The smallest absolute Gasteiger partial charge is 0.224 e. The SMILES string of the molecule is CC(O)c1cc2c(cc1F)NC(=O)CC2. The van der Waals surface area contributed by atoms with Crippen molar-refractivity contribution < 1.29 is 14.3 Å². The van der Waals surface area contributed by atoms with Gasteiger partial charge in [0.15, 0.2) is 0 Å². The summed E-state index contributed by atoms with van der Waals surface area (Å²) < 4.78 is 13.4. The monoisotopic (exact) mass is 209 g/mol. The Morgan fingerprint density at radius 3 is 2.87 bits per heavy atom. The summed E-state index contributed by atoms with van der Waals surface area (Å²) in [7, 11) is 0. The second kappa shape index (κ2) is 3.62. The first-order chi connectivity index (χ1) is 7.08. The number of carbonyl (C=O) groups is 1. The molecule has 0 radical (unpaired) electrons. The molecule has 2 rings (SSSR count). The highest BCUT2D eigenvalue weighted by Gasteiger charge is 2.18. The third-order valence-electron chi connectivity index (χ3n) is 2.57.